The molecule has 0 saturated carbocycles. The molecule has 0 aliphatic carbocycles. The molecule has 0 aliphatic heterocycles. The zero-order chi connectivity index (χ0) is 18.9. The van der Waals surface area contributed by atoms with Gasteiger partial charge in [0.1, 0.15) is 0 Å². The molecule has 3 aromatic carbocycles. The van der Waals surface area contributed by atoms with E-state index in [0.29, 0.717) is 6.54 Å². The normalized spacial score (nSPS) is 10.6. The number of thioether (sulfide) groups is 1. The number of halogens is 1. The van der Waals surface area contributed by atoms with Crippen LogP contribution in [0.2, 0.25) is 5.02 Å². The fraction of sp³-hybridized carbons (Fsp3) is 0.174. The minimum Gasteiger partial charge on any atom is -0.352 e. The molecule has 3 aromatic rings. The van der Waals surface area contributed by atoms with Crippen molar-refractivity contribution in [1.29, 1.82) is 0 Å². The second-order valence-corrected chi connectivity index (χ2v) is 7.65. The first-order chi connectivity index (χ1) is 13.2. The van der Waals surface area contributed by atoms with Gasteiger partial charge in [0.2, 0.25) is 0 Å². The molecule has 1 N–H and O–H groups in total. The second-order valence-electron chi connectivity index (χ2n) is 6.22. The van der Waals surface area contributed by atoms with Crippen LogP contribution in [0.15, 0.2) is 83.8 Å². The molecule has 1 amide bonds. The van der Waals surface area contributed by atoms with Crippen LogP contribution in [-0.4, -0.2) is 12.5 Å². The van der Waals surface area contributed by atoms with Crippen molar-refractivity contribution in [2.24, 2.45) is 0 Å². The SMILES string of the molecule is O=C(NCCCc1ccccc1Cl)c1ccccc1SCc1ccccc1. The van der Waals surface area contributed by atoms with E-state index < -0.39 is 0 Å². The van der Waals surface area contributed by atoms with Crippen LogP contribution < -0.4 is 5.32 Å². The van der Waals surface area contributed by atoms with Gasteiger partial charge in [-0.1, -0.05) is 72.3 Å². The monoisotopic (exact) mass is 395 g/mol. The van der Waals surface area contributed by atoms with Gasteiger partial charge in [0.25, 0.3) is 5.91 Å². The topological polar surface area (TPSA) is 29.1 Å². The van der Waals surface area contributed by atoms with E-state index in [4.69, 9.17) is 11.6 Å². The summed E-state index contributed by atoms with van der Waals surface area (Å²) in [5.41, 5.74) is 3.10. The zero-order valence-electron chi connectivity index (χ0n) is 15.0. The number of benzene rings is 3. The molecule has 0 atom stereocenters. The predicted molar refractivity (Wildman–Crippen MR) is 115 cm³/mol. The Morgan fingerprint density at radius 2 is 1.59 bits per heavy atom. The van der Waals surface area contributed by atoms with Gasteiger partial charge in [-0.15, -0.1) is 11.8 Å². The molecule has 0 saturated heterocycles. The molecule has 0 heterocycles. The van der Waals surface area contributed by atoms with Crippen LogP contribution >= 0.6 is 23.4 Å². The number of amides is 1. The molecule has 4 heteroatoms. The summed E-state index contributed by atoms with van der Waals surface area (Å²) < 4.78 is 0. The lowest BCUT2D eigenvalue weighted by atomic mass is 10.1. The molecule has 0 radical (unpaired) electrons. The number of aryl methyl sites for hydroxylation is 1. The van der Waals surface area contributed by atoms with Crippen molar-refractivity contribution in [2.75, 3.05) is 6.54 Å². The molecule has 2 nitrogen and oxygen atoms in total. The number of carbonyl (C=O) groups excluding carboxylic acids is 1. The van der Waals surface area contributed by atoms with E-state index in [1.165, 1.54) is 5.56 Å². The van der Waals surface area contributed by atoms with E-state index in [1.54, 1.807) is 11.8 Å². The highest BCUT2D eigenvalue weighted by Gasteiger charge is 2.11. The van der Waals surface area contributed by atoms with Crippen LogP contribution in [0.1, 0.15) is 27.9 Å². The maximum Gasteiger partial charge on any atom is 0.252 e. The van der Waals surface area contributed by atoms with Crippen LogP contribution in [0.5, 0.6) is 0 Å². The first kappa shape index (κ1) is 19.5. The van der Waals surface area contributed by atoms with Crippen molar-refractivity contribution in [3.63, 3.8) is 0 Å². The molecule has 0 aliphatic rings. The zero-order valence-corrected chi connectivity index (χ0v) is 16.6. The summed E-state index contributed by atoms with van der Waals surface area (Å²) in [4.78, 5) is 13.6. The minimum absolute atomic E-state index is 0.0229. The van der Waals surface area contributed by atoms with Gasteiger partial charge in [-0.25, -0.2) is 0 Å². The Kier molecular flexibility index (Phi) is 7.37. The average molecular weight is 396 g/mol. The van der Waals surface area contributed by atoms with E-state index in [0.717, 1.165) is 39.6 Å². The average Bonchev–Trinajstić information content (AvgIpc) is 2.71. The van der Waals surface area contributed by atoms with E-state index >= 15 is 0 Å². The standard InChI is InChI=1S/C23H22ClNOS/c24-21-14-6-4-11-19(21)12-8-16-25-23(26)20-13-5-7-15-22(20)27-17-18-9-2-1-3-10-18/h1-7,9-11,13-15H,8,12,16-17H2,(H,25,26). The van der Waals surface area contributed by atoms with Crippen LogP contribution in [0, 0.1) is 0 Å². The fourth-order valence-electron chi connectivity index (χ4n) is 2.79. The molecule has 0 aromatic heterocycles. The van der Waals surface area contributed by atoms with Crippen molar-refractivity contribution in [3.8, 4) is 0 Å². The summed E-state index contributed by atoms with van der Waals surface area (Å²) in [6.07, 6.45) is 1.71. The van der Waals surface area contributed by atoms with Gasteiger partial charge in [0.15, 0.2) is 0 Å². The van der Waals surface area contributed by atoms with Crippen LogP contribution in [-0.2, 0) is 12.2 Å². The van der Waals surface area contributed by atoms with E-state index in [9.17, 15) is 4.79 Å². The molecular weight excluding hydrogens is 374 g/mol. The van der Waals surface area contributed by atoms with Gasteiger partial charge < -0.3 is 5.32 Å². The highest BCUT2D eigenvalue weighted by molar-refractivity contribution is 7.98. The number of carbonyl (C=O) groups is 1. The summed E-state index contributed by atoms with van der Waals surface area (Å²) in [6.45, 7) is 0.627. The van der Waals surface area contributed by atoms with Gasteiger partial charge in [-0.05, 0) is 42.2 Å². The number of hydrogen-bond acceptors (Lipinski definition) is 2. The van der Waals surface area contributed by atoms with Gasteiger partial charge in [0.05, 0.1) is 5.56 Å². The maximum absolute atomic E-state index is 12.6. The molecule has 0 bridgehead atoms. The summed E-state index contributed by atoms with van der Waals surface area (Å²) in [5.74, 6) is 0.822. The lowest BCUT2D eigenvalue weighted by molar-refractivity contribution is 0.0950. The third-order valence-corrected chi connectivity index (χ3v) is 5.75. The smallest absolute Gasteiger partial charge is 0.252 e. The molecule has 0 fully saturated rings. The largest absolute Gasteiger partial charge is 0.352 e. The van der Waals surface area contributed by atoms with Crippen molar-refractivity contribution in [2.45, 2.75) is 23.5 Å². The first-order valence-electron chi connectivity index (χ1n) is 9.01. The van der Waals surface area contributed by atoms with Gasteiger partial charge in [-0.3, -0.25) is 4.79 Å². The number of hydrogen-bond donors (Lipinski definition) is 1. The summed E-state index contributed by atoms with van der Waals surface area (Å²) in [6, 6.07) is 25.9. The van der Waals surface area contributed by atoms with Gasteiger partial charge in [0, 0.05) is 22.2 Å². The molecule has 27 heavy (non-hydrogen) atoms. The fourth-order valence-corrected chi connectivity index (χ4v) is 4.03. The van der Waals surface area contributed by atoms with Crippen molar-refractivity contribution in [3.05, 3.63) is 101 Å². The Labute approximate surface area is 170 Å². The quantitative estimate of drug-likeness (QED) is 0.374. The van der Waals surface area contributed by atoms with Crippen molar-refractivity contribution < 1.29 is 4.79 Å². The Morgan fingerprint density at radius 3 is 2.41 bits per heavy atom. The maximum atomic E-state index is 12.6. The second kappa shape index (κ2) is 10.2. The molecule has 3 rings (SSSR count). The third-order valence-electron chi connectivity index (χ3n) is 4.24. The van der Waals surface area contributed by atoms with Crippen molar-refractivity contribution >= 4 is 29.3 Å². The van der Waals surface area contributed by atoms with Crippen molar-refractivity contribution in [1.82, 2.24) is 5.32 Å². The molecule has 138 valence electrons. The van der Waals surface area contributed by atoms with E-state index in [-0.39, 0.29) is 5.91 Å². The first-order valence-corrected chi connectivity index (χ1v) is 10.4. The Bertz CT molecular complexity index is 882. The van der Waals surface area contributed by atoms with Gasteiger partial charge >= 0.3 is 0 Å². The Morgan fingerprint density at radius 1 is 0.889 bits per heavy atom. The number of nitrogens with one attached hydrogen (secondary N) is 1. The van der Waals surface area contributed by atoms with Crippen LogP contribution in [0.25, 0.3) is 0 Å². The highest BCUT2D eigenvalue weighted by Crippen LogP contribution is 2.26. The molecule has 0 spiro atoms. The van der Waals surface area contributed by atoms with E-state index in [2.05, 4.69) is 17.4 Å². The predicted octanol–water partition coefficient (Wildman–Crippen LogP) is 5.99. The Balaban J connectivity index is 1.53. The Hall–Kier alpha value is -2.23. The van der Waals surface area contributed by atoms with Crippen LogP contribution in [0.3, 0.4) is 0 Å². The summed E-state index contributed by atoms with van der Waals surface area (Å²) >= 11 is 7.87. The summed E-state index contributed by atoms with van der Waals surface area (Å²) in [7, 11) is 0. The highest BCUT2D eigenvalue weighted by atomic mass is 35.5. The van der Waals surface area contributed by atoms with E-state index in [1.807, 2.05) is 66.7 Å². The number of rotatable bonds is 8. The van der Waals surface area contributed by atoms with Gasteiger partial charge in [-0.2, -0.15) is 0 Å². The molecular formula is C23H22ClNOS. The lowest BCUT2D eigenvalue weighted by Crippen LogP contribution is -2.25. The minimum atomic E-state index is -0.0229. The van der Waals surface area contributed by atoms with Crippen LogP contribution in [0.4, 0.5) is 0 Å². The summed E-state index contributed by atoms with van der Waals surface area (Å²) in [5, 5.41) is 3.82. The lowest BCUT2D eigenvalue weighted by Gasteiger charge is -2.10. The molecule has 0 unspecified atom stereocenters. The third kappa shape index (κ3) is 5.88.